The molecule has 0 aliphatic carbocycles. The van der Waals surface area contributed by atoms with E-state index in [4.69, 9.17) is 0 Å². The fourth-order valence-corrected chi connectivity index (χ4v) is 3.37. The maximum absolute atomic E-state index is 12.6. The molecule has 2 rings (SSSR count). The highest BCUT2D eigenvalue weighted by atomic mass is 16.2. The number of rotatable bonds is 5. The maximum Gasteiger partial charge on any atom is 0.227 e. The summed E-state index contributed by atoms with van der Waals surface area (Å²) in [6.45, 7) is 10.5. The molecule has 2 amide bonds. The number of hydrogen-bond donors (Lipinski definition) is 1. The Morgan fingerprint density at radius 3 is 2.42 bits per heavy atom. The van der Waals surface area contributed by atoms with Crippen molar-refractivity contribution in [3.63, 3.8) is 0 Å². The molecule has 2 heterocycles. The third-order valence-electron chi connectivity index (χ3n) is 4.86. The number of aryl methyl sites for hydroxylation is 1. The van der Waals surface area contributed by atoms with E-state index in [9.17, 15) is 9.59 Å². The molecular formula is C18H30N4O2. The van der Waals surface area contributed by atoms with E-state index in [2.05, 4.69) is 24.3 Å². The molecular weight excluding hydrogens is 304 g/mol. The molecule has 24 heavy (non-hydrogen) atoms. The van der Waals surface area contributed by atoms with Gasteiger partial charge < -0.3 is 10.2 Å². The number of piperidine rings is 1. The zero-order chi connectivity index (χ0) is 17.9. The number of carbonyl (C=O) groups is 2. The van der Waals surface area contributed by atoms with Crippen LogP contribution in [-0.4, -0.2) is 46.6 Å². The lowest BCUT2D eigenvalue weighted by Gasteiger charge is -2.31. The van der Waals surface area contributed by atoms with Crippen LogP contribution in [0.5, 0.6) is 0 Å². The molecule has 6 heteroatoms. The Bertz CT molecular complexity index is 598. The van der Waals surface area contributed by atoms with Gasteiger partial charge in [-0.25, -0.2) is 0 Å². The Labute approximate surface area is 144 Å². The molecule has 0 atom stereocenters. The zero-order valence-electron chi connectivity index (χ0n) is 15.6. The molecule has 1 N–H and O–H groups in total. The summed E-state index contributed by atoms with van der Waals surface area (Å²) in [5.74, 6) is 0.788. The van der Waals surface area contributed by atoms with Gasteiger partial charge in [0.2, 0.25) is 11.8 Å². The minimum atomic E-state index is 0.0383. The number of hydrogen-bond acceptors (Lipinski definition) is 3. The van der Waals surface area contributed by atoms with Crippen LogP contribution in [0.4, 0.5) is 0 Å². The molecule has 0 radical (unpaired) electrons. The minimum absolute atomic E-state index is 0.0383. The fourth-order valence-electron chi connectivity index (χ4n) is 3.37. The third-order valence-corrected chi connectivity index (χ3v) is 4.86. The second kappa shape index (κ2) is 7.81. The summed E-state index contributed by atoms with van der Waals surface area (Å²) in [5.41, 5.74) is 3.09. The van der Waals surface area contributed by atoms with Crippen LogP contribution in [-0.2, 0) is 22.6 Å². The Balaban J connectivity index is 1.98. The lowest BCUT2D eigenvalue weighted by atomic mass is 9.95. The quantitative estimate of drug-likeness (QED) is 0.891. The molecule has 0 unspecified atom stereocenters. The summed E-state index contributed by atoms with van der Waals surface area (Å²) in [5, 5.41) is 7.29. The van der Waals surface area contributed by atoms with Crippen LogP contribution in [0.15, 0.2) is 0 Å². The van der Waals surface area contributed by atoms with Gasteiger partial charge in [0, 0.05) is 43.9 Å². The molecule has 1 aromatic heterocycles. The smallest absolute Gasteiger partial charge is 0.227 e. The van der Waals surface area contributed by atoms with Crippen LogP contribution in [0.2, 0.25) is 0 Å². The largest absolute Gasteiger partial charge is 0.359 e. The zero-order valence-corrected chi connectivity index (χ0v) is 15.6. The summed E-state index contributed by atoms with van der Waals surface area (Å²) in [6, 6.07) is 0. The average molecular weight is 334 g/mol. The van der Waals surface area contributed by atoms with Crippen LogP contribution in [0.1, 0.15) is 43.6 Å². The van der Waals surface area contributed by atoms with Crippen LogP contribution in [0.3, 0.4) is 0 Å². The van der Waals surface area contributed by atoms with Crippen molar-refractivity contribution < 1.29 is 9.59 Å². The van der Waals surface area contributed by atoms with Crippen molar-refractivity contribution in [2.24, 2.45) is 11.8 Å². The molecule has 0 saturated carbocycles. The Morgan fingerprint density at radius 2 is 1.88 bits per heavy atom. The molecule has 1 aromatic rings. The highest BCUT2D eigenvalue weighted by Crippen LogP contribution is 2.20. The Kier molecular flexibility index (Phi) is 6.02. The number of likely N-dealkylation sites (tertiary alicyclic amines) is 1. The lowest BCUT2D eigenvalue weighted by Crippen LogP contribution is -2.43. The Morgan fingerprint density at radius 1 is 1.25 bits per heavy atom. The fraction of sp³-hybridized carbons (Fsp3) is 0.722. The topological polar surface area (TPSA) is 67.2 Å². The van der Waals surface area contributed by atoms with Gasteiger partial charge in [0.1, 0.15) is 0 Å². The molecule has 134 valence electrons. The van der Waals surface area contributed by atoms with E-state index in [1.54, 1.807) is 7.05 Å². The summed E-state index contributed by atoms with van der Waals surface area (Å²) in [7, 11) is 1.67. The molecule has 0 aromatic carbocycles. The molecule has 1 aliphatic rings. The first kappa shape index (κ1) is 18.5. The van der Waals surface area contributed by atoms with Crippen LogP contribution >= 0.6 is 0 Å². The maximum atomic E-state index is 12.6. The third kappa shape index (κ3) is 4.16. The number of amides is 2. The number of nitrogens with one attached hydrogen (secondary N) is 1. The predicted molar refractivity (Wildman–Crippen MR) is 93.6 cm³/mol. The second-order valence-corrected chi connectivity index (χ2v) is 7.17. The van der Waals surface area contributed by atoms with Crippen LogP contribution in [0, 0.1) is 25.7 Å². The van der Waals surface area contributed by atoms with E-state index in [-0.39, 0.29) is 17.7 Å². The van der Waals surface area contributed by atoms with Gasteiger partial charge in [-0.1, -0.05) is 13.8 Å². The predicted octanol–water partition coefficient (Wildman–Crippen LogP) is 1.68. The molecule has 1 fully saturated rings. The Hall–Kier alpha value is -1.85. The first-order valence-corrected chi connectivity index (χ1v) is 8.85. The van der Waals surface area contributed by atoms with Crippen LogP contribution < -0.4 is 5.32 Å². The summed E-state index contributed by atoms with van der Waals surface area (Å²) in [4.78, 5) is 26.2. The standard InChI is InChI=1S/C18H30N4O2/c1-12(2)11-22-14(4)16(13(3)20-22)10-17(23)21-8-6-15(7-9-21)18(24)19-5/h12,15H,6-11H2,1-5H3,(H,19,24). The van der Waals surface area contributed by atoms with Crippen LogP contribution in [0.25, 0.3) is 0 Å². The van der Waals surface area contributed by atoms with Gasteiger partial charge in [-0.05, 0) is 32.6 Å². The molecule has 1 saturated heterocycles. The first-order valence-electron chi connectivity index (χ1n) is 8.85. The van der Waals surface area contributed by atoms with Gasteiger partial charge in [-0.3, -0.25) is 14.3 Å². The molecule has 0 bridgehead atoms. The number of nitrogens with zero attached hydrogens (tertiary/aromatic N) is 3. The molecule has 1 aliphatic heterocycles. The molecule has 0 spiro atoms. The van der Waals surface area contributed by atoms with Gasteiger partial charge in [-0.2, -0.15) is 5.10 Å². The van der Waals surface area contributed by atoms with Crippen molar-refractivity contribution in [1.29, 1.82) is 0 Å². The summed E-state index contributed by atoms with van der Waals surface area (Å²) < 4.78 is 2.01. The van der Waals surface area contributed by atoms with Crippen molar-refractivity contribution in [3.8, 4) is 0 Å². The summed E-state index contributed by atoms with van der Waals surface area (Å²) >= 11 is 0. The van der Waals surface area contributed by atoms with Crippen molar-refractivity contribution in [3.05, 3.63) is 17.0 Å². The molecule has 6 nitrogen and oxygen atoms in total. The highest BCUT2D eigenvalue weighted by Gasteiger charge is 2.27. The van der Waals surface area contributed by atoms with E-state index in [0.29, 0.717) is 25.4 Å². The second-order valence-electron chi connectivity index (χ2n) is 7.17. The van der Waals surface area contributed by atoms with E-state index in [0.717, 1.165) is 36.3 Å². The van der Waals surface area contributed by atoms with Gasteiger partial charge in [-0.15, -0.1) is 0 Å². The van der Waals surface area contributed by atoms with Gasteiger partial charge in [0.25, 0.3) is 0 Å². The normalized spacial score (nSPS) is 15.8. The number of aromatic nitrogens is 2. The highest BCUT2D eigenvalue weighted by molar-refractivity contribution is 5.81. The van der Waals surface area contributed by atoms with E-state index in [1.807, 2.05) is 23.4 Å². The van der Waals surface area contributed by atoms with E-state index < -0.39 is 0 Å². The van der Waals surface area contributed by atoms with Crippen molar-refractivity contribution in [1.82, 2.24) is 20.0 Å². The van der Waals surface area contributed by atoms with Gasteiger partial charge in [0.15, 0.2) is 0 Å². The van der Waals surface area contributed by atoms with Crippen molar-refractivity contribution in [2.45, 2.75) is 53.5 Å². The average Bonchev–Trinajstić information content (AvgIpc) is 2.81. The van der Waals surface area contributed by atoms with Gasteiger partial charge >= 0.3 is 0 Å². The van der Waals surface area contributed by atoms with Crippen molar-refractivity contribution >= 4 is 11.8 Å². The number of carbonyl (C=O) groups excluding carboxylic acids is 2. The van der Waals surface area contributed by atoms with Gasteiger partial charge in [0.05, 0.1) is 12.1 Å². The minimum Gasteiger partial charge on any atom is -0.359 e. The SMILES string of the molecule is CNC(=O)C1CCN(C(=O)Cc2c(C)nn(CC(C)C)c2C)CC1. The first-order chi connectivity index (χ1) is 11.3. The monoisotopic (exact) mass is 334 g/mol. The van der Waals surface area contributed by atoms with E-state index >= 15 is 0 Å². The lowest BCUT2D eigenvalue weighted by molar-refractivity contribution is -0.134. The van der Waals surface area contributed by atoms with Crippen molar-refractivity contribution in [2.75, 3.05) is 20.1 Å². The van der Waals surface area contributed by atoms with E-state index in [1.165, 1.54) is 0 Å². The summed E-state index contributed by atoms with van der Waals surface area (Å²) in [6.07, 6.45) is 1.90.